The highest BCUT2D eigenvalue weighted by atomic mass is 16.1. The van der Waals surface area contributed by atoms with Crippen molar-refractivity contribution in [3.8, 4) is 0 Å². The zero-order valence-corrected chi connectivity index (χ0v) is 6.96. The maximum Gasteiger partial charge on any atom is 0.136 e. The van der Waals surface area contributed by atoms with Crippen molar-refractivity contribution in [1.82, 2.24) is 0 Å². The Morgan fingerprint density at radius 3 is 2.64 bits per heavy atom. The van der Waals surface area contributed by atoms with Gasteiger partial charge in [-0.3, -0.25) is 0 Å². The molecule has 2 heteroatoms. The molecule has 2 nitrogen and oxygen atoms in total. The van der Waals surface area contributed by atoms with Crippen molar-refractivity contribution in [3.05, 3.63) is 0 Å². The van der Waals surface area contributed by atoms with Crippen molar-refractivity contribution in [2.45, 2.75) is 44.6 Å². The molecular formula is C9H19NO. The first kappa shape index (κ1) is 8.72. The Hall–Kier alpha value is -0.370. The third kappa shape index (κ3) is 3.02. The third-order valence-corrected chi connectivity index (χ3v) is 2.51. The van der Waals surface area contributed by atoms with Gasteiger partial charge in [0.1, 0.15) is 6.29 Å². The van der Waals surface area contributed by atoms with Crippen LogP contribution in [0.3, 0.4) is 0 Å². The van der Waals surface area contributed by atoms with Gasteiger partial charge in [-0.25, -0.2) is 0 Å². The molecule has 0 aromatic carbocycles. The third-order valence-electron chi connectivity index (χ3n) is 2.51. The topological polar surface area (TPSA) is 43.1 Å². The molecule has 0 radical (unpaired) electrons. The van der Waals surface area contributed by atoms with E-state index in [1.54, 1.807) is 0 Å². The summed E-state index contributed by atoms with van der Waals surface area (Å²) in [5, 5.41) is 0. The molecule has 0 spiro atoms. The van der Waals surface area contributed by atoms with Crippen LogP contribution in [0.1, 0.15) is 40.0 Å². The van der Waals surface area contributed by atoms with Crippen LogP contribution in [-0.2, 0) is 4.79 Å². The Labute approximate surface area is 69.6 Å². The van der Waals surface area contributed by atoms with E-state index in [-0.39, 0.29) is 7.47 Å². The van der Waals surface area contributed by atoms with Gasteiger partial charge in [0.25, 0.3) is 0 Å². The standard InChI is InChI=1S/C9H17NO.H2/c10-9(7-11)6-8-4-2-1-3-5-8;/h7-9H,1-6,10H2;1H. The SMILES string of the molecule is NC(C=O)CC1CCCCC1.[HH]. The minimum Gasteiger partial charge on any atom is -0.322 e. The lowest BCUT2D eigenvalue weighted by atomic mass is 9.85. The van der Waals surface area contributed by atoms with Gasteiger partial charge in [0, 0.05) is 1.43 Å². The van der Waals surface area contributed by atoms with Crippen LogP contribution in [-0.4, -0.2) is 12.3 Å². The van der Waals surface area contributed by atoms with Crippen LogP contribution >= 0.6 is 0 Å². The lowest BCUT2D eigenvalue weighted by molar-refractivity contribution is -0.109. The van der Waals surface area contributed by atoms with E-state index in [1.165, 1.54) is 32.1 Å². The molecule has 1 atom stereocenters. The quantitative estimate of drug-likeness (QED) is 0.634. The van der Waals surface area contributed by atoms with E-state index in [0.29, 0.717) is 0 Å². The van der Waals surface area contributed by atoms with Gasteiger partial charge in [-0.05, 0) is 12.3 Å². The van der Waals surface area contributed by atoms with Crippen LogP contribution in [0.4, 0.5) is 0 Å². The Morgan fingerprint density at radius 1 is 1.45 bits per heavy atom. The van der Waals surface area contributed by atoms with Gasteiger partial charge < -0.3 is 10.5 Å². The molecule has 1 rings (SSSR count). The first-order valence-electron chi connectivity index (χ1n) is 4.54. The average Bonchev–Trinajstić information content (AvgIpc) is 2.06. The first-order chi connectivity index (χ1) is 5.33. The van der Waals surface area contributed by atoms with Crippen LogP contribution in [0.15, 0.2) is 0 Å². The summed E-state index contributed by atoms with van der Waals surface area (Å²) in [6.07, 6.45) is 8.36. The highest BCUT2D eigenvalue weighted by Crippen LogP contribution is 2.26. The lowest BCUT2D eigenvalue weighted by Gasteiger charge is -2.22. The van der Waals surface area contributed by atoms with E-state index >= 15 is 0 Å². The summed E-state index contributed by atoms with van der Waals surface area (Å²) >= 11 is 0. The molecule has 1 fully saturated rings. The first-order valence-corrected chi connectivity index (χ1v) is 4.54. The van der Waals surface area contributed by atoms with E-state index in [1.807, 2.05) is 0 Å². The van der Waals surface area contributed by atoms with E-state index in [2.05, 4.69) is 0 Å². The van der Waals surface area contributed by atoms with Crippen molar-refractivity contribution in [2.24, 2.45) is 11.7 Å². The molecule has 66 valence electrons. The average molecular weight is 157 g/mol. The van der Waals surface area contributed by atoms with Gasteiger partial charge >= 0.3 is 0 Å². The van der Waals surface area contributed by atoms with E-state index in [0.717, 1.165) is 18.6 Å². The molecule has 0 bridgehead atoms. The number of hydrogen-bond acceptors (Lipinski definition) is 2. The second-order valence-corrected chi connectivity index (χ2v) is 3.54. The minimum absolute atomic E-state index is 0. The molecule has 1 saturated carbocycles. The van der Waals surface area contributed by atoms with Gasteiger partial charge in [-0.1, -0.05) is 32.1 Å². The second-order valence-electron chi connectivity index (χ2n) is 3.54. The second kappa shape index (κ2) is 4.50. The highest BCUT2D eigenvalue weighted by Gasteiger charge is 2.15. The Morgan fingerprint density at radius 2 is 2.09 bits per heavy atom. The molecule has 11 heavy (non-hydrogen) atoms. The van der Waals surface area contributed by atoms with Crippen molar-refractivity contribution >= 4 is 6.29 Å². The molecule has 0 amide bonds. The Balaban J connectivity index is 0.00000121. The number of rotatable bonds is 3. The summed E-state index contributed by atoms with van der Waals surface area (Å²) in [4.78, 5) is 10.3. The zero-order chi connectivity index (χ0) is 8.10. The van der Waals surface area contributed by atoms with Crippen molar-refractivity contribution in [1.29, 1.82) is 0 Å². The predicted molar refractivity (Wildman–Crippen MR) is 47.3 cm³/mol. The largest absolute Gasteiger partial charge is 0.322 e. The van der Waals surface area contributed by atoms with Crippen LogP contribution in [0.2, 0.25) is 0 Å². The zero-order valence-electron chi connectivity index (χ0n) is 6.96. The van der Waals surface area contributed by atoms with Crippen LogP contribution < -0.4 is 5.73 Å². The normalized spacial score (nSPS) is 23.0. The monoisotopic (exact) mass is 157 g/mol. The van der Waals surface area contributed by atoms with Crippen LogP contribution in [0, 0.1) is 5.92 Å². The highest BCUT2D eigenvalue weighted by molar-refractivity contribution is 5.56. The van der Waals surface area contributed by atoms with Gasteiger partial charge in [0.05, 0.1) is 6.04 Å². The molecule has 1 aliphatic carbocycles. The predicted octanol–water partition coefficient (Wildman–Crippen LogP) is 1.73. The fourth-order valence-corrected chi connectivity index (χ4v) is 1.86. The Kier molecular flexibility index (Phi) is 3.57. The van der Waals surface area contributed by atoms with Gasteiger partial charge in [0.2, 0.25) is 0 Å². The molecule has 2 N–H and O–H groups in total. The summed E-state index contributed by atoms with van der Waals surface area (Å²) in [6.45, 7) is 0. The molecule has 0 saturated heterocycles. The maximum atomic E-state index is 10.3. The Bertz CT molecular complexity index is 124. The summed E-state index contributed by atoms with van der Waals surface area (Å²) in [5.41, 5.74) is 5.54. The van der Waals surface area contributed by atoms with Crippen LogP contribution in [0.25, 0.3) is 0 Å². The maximum absolute atomic E-state index is 10.3. The number of aldehydes is 1. The molecule has 0 aromatic rings. The van der Waals surface area contributed by atoms with Crippen LogP contribution in [0.5, 0.6) is 0 Å². The van der Waals surface area contributed by atoms with Gasteiger partial charge in [-0.15, -0.1) is 0 Å². The lowest BCUT2D eigenvalue weighted by Crippen LogP contribution is -2.25. The number of hydrogen-bond donors (Lipinski definition) is 1. The van der Waals surface area contributed by atoms with E-state index < -0.39 is 0 Å². The smallest absolute Gasteiger partial charge is 0.136 e. The van der Waals surface area contributed by atoms with Gasteiger partial charge in [-0.2, -0.15) is 0 Å². The summed E-state index contributed by atoms with van der Waals surface area (Å²) in [5.74, 6) is 0.726. The molecule has 1 unspecified atom stereocenters. The molecule has 0 aliphatic heterocycles. The summed E-state index contributed by atoms with van der Waals surface area (Å²) in [6, 6.07) is -0.210. The minimum atomic E-state index is -0.210. The molecular weight excluding hydrogens is 138 g/mol. The number of carbonyl (C=O) groups excluding carboxylic acids is 1. The number of nitrogens with two attached hydrogens (primary N) is 1. The fourth-order valence-electron chi connectivity index (χ4n) is 1.86. The fraction of sp³-hybridized carbons (Fsp3) is 0.889. The summed E-state index contributed by atoms with van der Waals surface area (Å²) in [7, 11) is 0. The van der Waals surface area contributed by atoms with E-state index in [9.17, 15) is 4.79 Å². The van der Waals surface area contributed by atoms with E-state index in [4.69, 9.17) is 5.73 Å². The summed E-state index contributed by atoms with van der Waals surface area (Å²) < 4.78 is 0. The van der Waals surface area contributed by atoms with Crippen molar-refractivity contribution in [2.75, 3.05) is 0 Å². The van der Waals surface area contributed by atoms with Crippen molar-refractivity contribution < 1.29 is 6.22 Å². The van der Waals surface area contributed by atoms with Gasteiger partial charge in [0.15, 0.2) is 0 Å². The molecule has 0 aromatic heterocycles. The number of carbonyl (C=O) groups is 1. The molecule has 1 aliphatic rings. The molecule has 0 heterocycles. The van der Waals surface area contributed by atoms with Crippen molar-refractivity contribution in [3.63, 3.8) is 0 Å².